The zero-order valence-corrected chi connectivity index (χ0v) is 10.4. The minimum atomic E-state index is -0.801. The Morgan fingerprint density at radius 1 is 1.08 bits per heavy atom. The summed E-state index contributed by atoms with van der Waals surface area (Å²) in [6.07, 6.45) is 3.77. The molecule has 0 N–H and O–H groups in total. The van der Waals surface area contributed by atoms with Gasteiger partial charge < -0.3 is 0 Å². The van der Waals surface area contributed by atoms with Crippen molar-refractivity contribution in [3.05, 3.63) is 23.8 Å². The highest BCUT2D eigenvalue weighted by molar-refractivity contribution is 9.39. The van der Waals surface area contributed by atoms with Crippen LogP contribution in [0.5, 0.6) is 0 Å². The Hall–Kier alpha value is 0.260. The van der Waals surface area contributed by atoms with Crippen molar-refractivity contribution in [3.8, 4) is 0 Å². The van der Waals surface area contributed by atoms with E-state index in [0.717, 1.165) is 0 Å². The van der Waals surface area contributed by atoms with Crippen LogP contribution in [-0.4, -0.2) is 13.7 Å². The molecule has 0 bridgehead atoms. The van der Waals surface area contributed by atoms with Crippen molar-refractivity contribution >= 4 is 59.4 Å². The molecular weight excluding hydrogens is 356 g/mol. The number of carbonyl (C=O) groups excluding carboxylic acids is 2. The SMILES string of the molecule is O=C1C=CC(=O)C(C(Br)(Br)Br)=C1. The average molecular weight is 359 g/mol. The zero-order chi connectivity index (χ0) is 9.35. The normalized spacial score (nSPS) is 18.1. The summed E-state index contributed by atoms with van der Waals surface area (Å²) in [6, 6.07) is 0. The van der Waals surface area contributed by atoms with Crippen LogP contribution in [0.25, 0.3) is 0 Å². The molecule has 2 nitrogen and oxygen atoms in total. The number of carbonyl (C=O) groups is 2. The molecule has 0 fully saturated rings. The monoisotopic (exact) mass is 356 g/mol. The highest BCUT2D eigenvalue weighted by Crippen LogP contribution is 2.41. The Morgan fingerprint density at radius 2 is 1.67 bits per heavy atom. The lowest BCUT2D eigenvalue weighted by Gasteiger charge is -2.15. The lowest BCUT2D eigenvalue weighted by molar-refractivity contribution is -0.114. The third kappa shape index (κ3) is 2.37. The van der Waals surface area contributed by atoms with Crippen molar-refractivity contribution in [2.24, 2.45) is 0 Å². The first-order chi connectivity index (χ1) is 5.41. The Labute approximate surface area is 94.5 Å². The molecule has 5 heteroatoms. The fraction of sp³-hybridized carbons (Fsp3) is 0.143. The van der Waals surface area contributed by atoms with E-state index in [9.17, 15) is 9.59 Å². The van der Waals surface area contributed by atoms with E-state index in [0.29, 0.717) is 5.57 Å². The molecule has 0 heterocycles. The first kappa shape index (κ1) is 10.3. The number of alkyl halides is 3. The first-order valence-electron chi connectivity index (χ1n) is 2.96. The van der Waals surface area contributed by atoms with Crippen molar-refractivity contribution in [3.63, 3.8) is 0 Å². The molecule has 1 aliphatic rings. The number of halogens is 3. The number of hydrogen-bond acceptors (Lipinski definition) is 2. The van der Waals surface area contributed by atoms with Crippen LogP contribution < -0.4 is 0 Å². The van der Waals surface area contributed by atoms with Gasteiger partial charge in [0.15, 0.2) is 13.7 Å². The van der Waals surface area contributed by atoms with E-state index >= 15 is 0 Å². The van der Waals surface area contributed by atoms with Gasteiger partial charge in [-0.05, 0) is 18.2 Å². The smallest absolute Gasteiger partial charge is 0.185 e. The molecule has 12 heavy (non-hydrogen) atoms. The molecule has 0 amide bonds. The topological polar surface area (TPSA) is 34.1 Å². The maximum atomic E-state index is 11.2. The van der Waals surface area contributed by atoms with Gasteiger partial charge >= 0.3 is 0 Å². The Balaban J connectivity index is 3.05. The lowest BCUT2D eigenvalue weighted by Crippen LogP contribution is -2.17. The van der Waals surface area contributed by atoms with E-state index in [1.165, 1.54) is 18.2 Å². The van der Waals surface area contributed by atoms with Gasteiger partial charge in [0.2, 0.25) is 0 Å². The average Bonchev–Trinajstić information content (AvgIpc) is 1.92. The third-order valence-corrected chi connectivity index (χ3v) is 2.54. The molecule has 0 unspecified atom stereocenters. The van der Waals surface area contributed by atoms with E-state index in [-0.39, 0.29) is 11.6 Å². The van der Waals surface area contributed by atoms with E-state index in [2.05, 4.69) is 47.8 Å². The van der Waals surface area contributed by atoms with Crippen LogP contribution >= 0.6 is 47.8 Å². The van der Waals surface area contributed by atoms with E-state index in [1.807, 2.05) is 0 Å². The maximum Gasteiger partial charge on any atom is 0.185 e. The molecule has 64 valence electrons. The summed E-state index contributed by atoms with van der Waals surface area (Å²) in [5.41, 5.74) is 0.343. The summed E-state index contributed by atoms with van der Waals surface area (Å²) >= 11 is 9.50. The molecule has 0 atom stereocenters. The summed E-state index contributed by atoms with van der Waals surface area (Å²) in [5.74, 6) is -0.382. The van der Waals surface area contributed by atoms with E-state index in [4.69, 9.17) is 0 Å². The second-order valence-electron chi connectivity index (χ2n) is 2.16. The summed E-state index contributed by atoms with van der Waals surface area (Å²) in [5, 5.41) is 0. The van der Waals surface area contributed by atoms with Crippen LogP contribution in [0, 0.1) is 0 Å². The molecule has 0 aromatic heterocycles. The Bertz CT molecular complexity index is 296. The fourth-order valence-electron chi connectivity index (χ4n) is 0.731. The van der Waals surface area contributed by atoms with Gasteiger partial charge in [-0.25, -0.2) is 0 Å². The molecule has 0 radical (unpaired) electrons. The largest absolute Gasteiger partial charge is 0.290 e. The molecule has 1 rings (SSSR count). The summed E-state index contributed by atoms with van der Waals surface area (Å²) in [4.78, 5) is 22.1. The summed E-state index contributed by atoms with van der Waals surface area (Å²) < 4.78 is -0.801. The Kier molecular flexibility index (Phi) is 3.06. The first-order valence-corrected chi connectivity index (χ1v) is 5.34. The molecule has 0 saturated carbocycles. The van der Waals surface area contributed by atoms with Crippen molar-refractivity contribution in [2.45, 2.75) is 2.14 Å². The maximum absolute atomic E-state index is 11.2. The van der Waals surface area contributed by atoms with Crippen LogP contribution in [0.4, 0.5) is 0 Å². The lowest BCUT2D eigenvalue weighted by atomic mass is 10.1. The summed E-state index contributed by atoms with van der Waals surface area (Å²) in [6.45, 7) is 0. The van der Waals surface area contributed by atoms with Gasteiger partial charge in [-0.3, -0.25) is 9.59 Å². The molecule has 0 aliphatic heterocycles. The Morgan fingerprint density at radius 3 is 2.08 bits per heavy atom. The standard InChI is InChI=1S/C7H3Br3O2/c8-7(9,10)5-3-4(11)1-2-6(5)12/h1-3H. The predicted octanol–water partition coefficient (Wildman–Crippen LogP) is 2.46. The number of hydrogen-bond donors (Lipinski definition) is 0. The highest BCUT2D eigenvalue weighted by atomic mass is 80.0. The van der Waals surface area contributed by atoms with Gasteiger partial charge in [-0.15, -0.1) is 0 Å². The van der Waals surface area contributed by atoms with Gasteiger partial charge in [0.25, 0.3) is 0 Å². The number of allylic oxidation sites excluding steroid dienone is 4. The van der Waals surface area contributed by atoms with Crippen LogP contribution in [-0.2, 0) is 9.59 Å². The second-order valence-corrected chi connectivity index (χ2v) is 8.92. The zero-order valence-electron chi connectivity index (χ0n) is 5.68. The molecule has 0 aromatic rings. The van der Waals surface area contributed by atoms with Crippen LogP contribution in [0.15, 0.2) is 23.8 Å². The van der Waals surface area contributed by atoms with Crippen molar-refractivity contribution in [1.82, 2.24) is 0 Å². The van der Waals surface area contributed by atoms with Crippen LogP contribution in [0.2, 0.25) is 0 Å². The van der Waals surface area contributed by atoms with E-state index in [1.54, 1.807) is 0 Å². The quantitative estimate of drug-likeness (QED) is 0.492. The molecule has 0 aromatic carbocycles. The fourth-order valence-corrected chi connectivity index (χ4v) is 1.66. The predicted molar refractivity (Wildman–Crippen MR) is 56.7 cm³/mol. The van der Waals surface area contributed by atoms with Crippen molar-refractivity contribution < 1.29 is 9.59 Å². The van der Waals surface area contributed by atoms with Gasteiger partial charge in [0.1, 0.15) is 0 Å². The van der Waals surface area contributed by atoms with Crippen LogP contribution in [0.1, 0.15) is 0 Å². The molecular formula is C7H3Br3O2. The van der Waals surface area contributed by atoms with Gasteiger partial charge in [0, 0.05) is 5.57 Å². The van der Waals surface area contributed by atoms with E-state index < -0.39 is 2.14 Å². The minimum Gasteiger partial charge on any atom is -0.290 e. The number of rotatable bonds is 0. The second kappa shape index (κ2) is 3.55. The number of ketones is 2. The summed E-state index contributed by atoms with van der Waals surface area (Å²) in [7, 11) is 0. The van der Waals surface area contributed by atoms with Gasteiger partial charge in [0.05, 0.1) is 0 Å². The van der Waals surface area contributed by atoms with Gasteiger partial charge in [-0.2, -0.15) is 0 Å². The third-order valence-electron chi connectivity index (χ3n) is 1.26. The minimum absolute atomic E-state index is 0.188. The highest BCUT2D eigenvalue weighted by Gasteiger charge is 2.30. The molecule has 1 aliphatic carbocycles. The van der Waals surface area contributed by atoms with Gasteiger partial charge in [-0.1, -0.05) is 47.8 Å². The van der Waals surface area contributed by atoms with Crippen LogP contribution in [0.3, 0.4) is 0 Å². The van der Waals surface area contributed by atoms with Crippen molar-refractivity contribution in [1.29, 1.82) is 0 Å². The van der Waals surface area contributed by atoms with Crippen molar-refractivity contribution in [2.75, 3.05) is 0 Å². The molecule has 0 saturated heterocycles. The molecule has 0 spiro atoms.